The fourth-order valence-corrected chi connectivity index (χ4v) is 5.47. The van der Waals surface area contributed by atoms with Gasteiger partial charge in [0.1, 0.15) is 17.7 Å². The second-order valence-corrected chi connectivity index (χ2v) is 11.9. The summed E-state index contributed by atoms with van der Waals surface area (Å²) in [7, 11) is -3.45. The predicted octanol–water partition coefficient (Wildman–Crippen LogP) is 4.56. The smallest absolute Gasteiger partial charge is 0.258 e. The highest BCUT2D eigenvalue weighted by molar-refractivity contribution is 7.92. The minimum Gasteiger partial charge on any atom is -0.371 e. The topological polar surface area (TPSA) is 127 Å². The Morgan fingerprint density at radius 3 is 2.64 bits per heavy atom. The minimum absolute atomic E-state index is 0.0344. The van der Waals surface area contributed by atoms with Crippen LogP contribution in [0, 0.1) is 16.7 Å². The highest BCUT2D eigenvalue weighted by Gasteiger charge is 2.31. The number of rotatable bonds is 3. The summed E-state index contributed by atoms with van der Waals surface area (Å²) in [5.74, 6) is 0.433. The molecule has 2 aromatic rings. The Kier molecular flexibility index (Phi) is 7.69. The first kappa shape index (κ1) is 25.8. The number of nitriles is 1. The Morgan fingerprint density at radius 2 is 1.92 bits per heavy atom. The van der Waals surface area contributed by atoms with Gasteiger partial charge in [-0.05, 0) is 68.4 Å². The standard InChI is InChI=1S/C26H34N6O3S/c1-3-36(34,35)31-20-8-9-21-22(17-20)32-15-12-26(2,13-16-32)11-5-4-6-14-28-24-19(18-27)7-10-23(29-24)30-25(21)33/h7-10,17,31H,3-6,11-16H2,1-2H3,(H2,28,29,30,33). The molecule has 0 atom stereocenters. The number of pyridine rings is 1. The van der Waals surface area contributed by atoms with Gasteiger partial charge in [-0.1, -0.05) is 19.8 Å². The molecule has 10 heteroatoms. The molecule has 0 radical (unpaired) electrons. The van der Waals surface area contributed by atoms with Crippen molar-refractivity contribution in [2.75, 3.05) is 45.6 Å². The molecular weight excluding hydrogens is 476 g/mol. The Morgan fingerprint density at radius 1 is 1.14 bits per heavy atom. The molecule has 3 aliphatic heterocycles. The van der Waals surface area contributed by atoms with Crippen LogP contribution in [0.3, 0.4) is 0 Å². The van der Waals surface area contributed by atoms with Gasteiger partial charge in [-0.15, -0.1) is 0 Å². The summed E-state index contributed by atoms with van der Waals surface area (Å²) in [6, 6.07) is 10.4. The van der Waals surface area contributed by atoms with Gasteiger partial charge in [-0.2, -0.15) is 5.26 Å². The van der Waals surface area contributed by atoms with Crippen LogP contribution in [0.15, 0.2) is 30.3 Å². The second-order valence-electron chi connectivity index (χ2n) is 9.93. The molecule has 0 saturated carbocycles. The van der Waals surface area contributed by atoms with E-state index in [1.807, 2.05) is 0 Å². The number of benzene rings is 1. The van der Waals surface area contributed by atoms with E-state index in [0.29, 0.717) is 40.7 Å². The van der Waals surface area contributed by atoms with Crippen molar-refractivity contribution < 1.29 is 13.2 Å². The summed E-state index contributed by atoms with van der Waals surface area (Å²) in [6.07, 6.45) is 6.36. The summed E-state index contributed by atoms with van der Waals surface area (Å²) < 4.78 is 27.0. The van der Waals surface area contributed by atoms with Crippen molar-refractivity contribution in [2.45, 2.75) is 52.4 Å². The molecule has 0 unspecified atom stereocenters. The van der Waals surface area contributed by atoms with E-state index >= 15 is 0 Å². The van der Waals surface area contributed by atoms with Crippen LogP contribution < -0.4 is 20.3 Å². The fraction of sp³-hybridized carbons (Fsp3) is 0.500. The van der Waals surface area contributed by atoms with Crippen LogP contribution >= 0.6 is 0 Å². The van der Waals surface area contributed by atoms with Gasteiger partial charge in [0.2, 0.25) is 10.0 Å². The Labute approximate surface area is 213 Å². The van der Waals surface area contributed by atoms with Crippen LogP contribution in [0.2, 0.25) is 0 Å². The third-order valence-corrected chi connectivity index (χ3v) is 8.52. The van der Waals surface area contributed by atoms with E-state index in [1.165, 1.54) is 0 Å². The maximum Gasteiger partial charge on any atom is 0.258 e. The lowest BCUT2D eigenvalue weighted by molar-refractivity contribution is 0.102. The number of carbonyl (C=O) groups excluding carboxylic acids is 1. The van der Waals surface area contributed by atoms with Gasteiger partial charge >= 0.3 is 0 Å². The molecule has 0 spiro atoms. The highest BCUT2D eigenvalue weighted by atomic mass is 32.2. The highest BCUT2D eigenvalue weighted by Crippen LogP contribution is 2.39. The summed E-state index contributed by atoms with van der Waals surface area (Å²) in [5.41, 5.74) is 2.25. The molecule has 5 rings (SSSR count). The third kappa shape index (κ3) is 6.08. The Balaban J connectivity index is 1.71. The van der Waals surface area contributed by atoms with Gasteiger partial charge in [0.05, 0.1) is 28.3 Å². The average Bonchev–Trinajstić information content (AvgIpc) is 2.86. The van der Waals surface area contributed by atoms with Gasteiger partial charge < -0.3 is 15.5 Å². The summed E-state index contributed by atoms with van der Waals surface area (Å²) in [6.45, 7) is 6.22. The van der Waals surface area contributed by atoms with Crippen molar-refractivity contribution in [3.63, 3.8) is 0 Å². The fourth-order valence-electron chi connectivity index (χ4n) is 4.84. The molecule has 36 heavy (non-hydrogen) atoms. The summed E-state index contributed by atoms with van der Waals surface area (Å²) >= 11 is 0. The molecule has 3 N–H and O–H groups in total. The number of carbonyl (C=O) groups is 1. The molecule has 3 aliphatic rings. The normalized spacial score (nSPS) is 18.2. The summed E-state index contributed by atoms with van der Waals surface area (Å²) in [4.78, 5) is 20.1. The number of nitrogens with zero attached hydrogens (tertiary/aromatic N) is 3. The van der Waals surface area contributed by atoms with Crippen molar-refractivity contribution in [1.29, 1.82) is 5.26 Å². The van der Waals surface area contributed by atoms with Gasteiger partial charge in [0, 0.05) is 19.6 Å². The van der Waals surface area contributed by atoms with Crippen molar-refractivity contribution >= 4 is 38.9 Å². The monoisotopic (exact) mass is 510 g/mol. The lowest BCUT2D eigenvalue weighted by atomic mass is 9.76. The van der Waals surface area contributed by atoms with Crippen LogP contribution in [0.1, 0.15) is 68.3 Å². The molecule has 1 amide bonds. The molecule has 192 valence electrons. The third-order valence-electron chi connectivity index (χ3n) is 7.21. The van der Waals surface area contributed by atoms with Crippen molar-refractivity contribution in [3.8, 4) is 6.07 Å². The number of piperidine rings is 1. The van der Waals surface area contributed by atoms with Crippen LogP contribution in [-0.2, 0) is 10.0 Å². The van der Waals surface area contributed by atoms with Crippen LogP contribution in [0.4, 0.5) is 23.0 Å². The van der Waals surface area contributed by atoms with E-state index in [1.54, 1.807) is 37.3 Å². The van der Waals surface area contributed by atoms with E-state index in [4.69, 9.17) is 0 Å². The van der Waals surface area contributed by atoms with E-state index in [-0.39, 0.29) is 17.1 Å². The lowest BCUT2D eigenvalue weighted by Crippen LogP contribution is -2.39. The summed E-state index contributed by atoms with van der Waals surface area (Å²) in [5, 5.41) is 15.6. The van der Waals surface area contributed by atoms with E-state index in [9.17, 15) is 18.5 Å². The number of aromatic nitrogens is 1. The van der Waals surface area contributed by atoms with Crippen LogP contribution in [0.5, 0.6) is 0 Å². The number of fused-ring (bicyclic) bond motifs is 8. The SMILES string of the molecule is CCS(=O)(=O)Nc1ccc2c(c1)N1CCC(C)(CCCCCNc3nc(ccc3C#N)NC2=O)CC1. The molecule has 0 aliphatic carbocycles. The van der Waals surface area contributed by atoms with Gasteiger partial charge in [-0.25, -0.2) is 13.4 Å². The zero-order chi connectivity index (χ0) is 25.8. The molecule has 1 saturated heterocycles. The zero-order valence-electron chi connectivity index (χ0n) is 20.9. The molecule has 1 aromatic carbocycles. The second kappa shape index (κ2) is 10.7. The van der Waals surface area contributed by atoms with Crippen LogP contribution in [-0.4, -0.2) is 44.7 Å². The van der Waals surface area contributed by atoms with Crippen LogP contribution in [0.25, 0.3) is 0 Å². The van der Waals surface area contributed by atoms with Crippen molar-refractivity contribution in [1.82, 2.24) is 4.98 Å². The number of nitrogens with one attached hydrogen (secondary N) is 3. The van der Waals surface area contributed by atoms with Crippen molar-refractivity contribution in [3.05, 3.63) is 41.5 Å². The molecule has 1 aromatic heterocycles. The van der Waals surface area contributed by atoms with Gasteiger partial charge in [0.25, 0.3) is 5.91 Å². The first-order valence-electron chi connectivity index (χ1n) is 12.6. The maximum atomic E-state index is 13.4. The van der Waals surface area contributed by atoms with Gasteiger partial charge in [-0.3, -0.25) is 9.52 Å². The molecule has 4 heterocycles. The van der Waals surface area contributed by atoms with Crippen molar-refractivity contribution in [2.24, 2.45) is 5.41 Å². The average molecular weight is 511 g/mol. The molecular formula is C26H34N6O3S. The number of amides is 1. The largest absolute Gasteiger partial charge is 0.371 e. The maximum absolute atomic E-state index is 13.4. The number of hydrogen-bond donors (Lipinski definition) is 3. The Bertz CT molecular complexity index is 1260. The number of sulfonamides is 1. The van der Waals surface area contributed by atoms with Gasteiger partial charge in [0.15, 0.2) is 0 Å². The number of hydrogen-bond acceptors (Lipinski definition) is 7. The first-order chi connectivity index (χ1) is 17.2. The first-order valence-corrected chi connectivity index (χ1v) is 14.2. The zero-order valence-corrected chi connectivity index (χ0v) is 21.7. The number of anilines is 4. The molecule has 9 nitrogen and oxygen atoms in total. The van der Waals surface area contributed by atoms with E-state index in [0.717, 1.165) is 51.6 Å². The van der Waals surface area contributed by atoms with E-state index in [2.05, 4.69) is 38.2 Å². The molecule has 1 fully saturated rings. The minimum atomic E-state index is -3.45. The molecule has 4 bridgehead atoms. The lowest BCUT2D eigenvalue weighted by Gasteiger charge is -2.41. The quantitative estimate of drug-likeness (QED) is 0.552. The predicted molar refractivity (Wildman–Crippen MR) is 143 cm³/mol. The van der Waals surface area contributed by atoms with E-state index < -0.39 is 10.0 Å². The Hall–Kier alpha value is -3.32.